The molecule has 1 aromatic heterocycles. The van der Waals surface area contributed by atoms with Gasteiger partial charge in [-0.25, -0.2) is 0 Å². The summed E-state index contributed by atoms with van der Waals surface area (Å²) < 4.78 is 5.31. The molecule has 0 spiro atoms. The van der Waals surface area contributed by atoms with Crippen LogP contribution in [0.5, 0.6) is 0 Å². The first-order valence-corrected chi connectivity index (χ1v) is 5.48. The third-order valence-corrected chi connectivity index (χ3v) is 2.66. The molecular weight excluding hydrogens is 188 g/mol. The molecule has 0 amide bonds. The quantitative estimate of drug-likeness (QED) is 0.752. The molecule has 1 aromatic rings. The minimum atomic E-state index is 0.136. The first-order chi connectivity index (χ1) is 7.03. The van der Waals surface area contributed by atoms with Crippen LogP contribution in [0.1, 0.15) is 26.5 Å². The summed E-state index contributed by atoms with van der Waals surface area (Å²) in [5.41, 5.74) is 0.136. The lowest BCUT2D eigenvalue weighted by Crippen LogP contribution is -2.48. The maximum atomic E-state index is 5.31. The largest absolute Gasteiger partial charge is 0.469 e. The number of rotatable bonds is 6. The van der Waals surface area contributed by atoms with Gasteiger partial charge < -0.3 is 15.1 Å². The van der Waals surface area contributed by atoms with Gasteiger partial charge in [0.15, 0.2) is 0 Å². The van der Waals surface area contributed by atoms with Crippen LogP contribution < -0.4 is 10.6 Å². The molecule has 1 rings (SSSR count). The van der Waals surface area contributed by atoms with Crippen LogP contribution in [0.2, 0.25) is 0 Å². The molecule has 0 radical (unpaired) electrons. The van der Waals surface area contributed by atoms with Crippen molar-refractivity contribution in [3.8, 4) is 0 Å². The van der Waals surface area contributed by atoms with Crippen LogP contribution in [0.15, 0.2) is 22.8 Å². The van der Waals surface area contributed by atoms with Crippen molar-refractivity contribution in [1.82, 2.24) is 10.6 Å². The topological polar surface area (TPSA) is 37.2 Å². The highest BCUT2D eigenvalue weighted by Crippen LogP contribution is 2.05. The molecular formula is C12H22N2O. The Labute approximate surface area is 92.2 Å². The third-order valence-electron chi connectivity index (χ3n) is 2.66. The van der Waals surface area contributed by atoms with Crippen molar-refractivity contribution in [3.05, 3.63) is 24.2 Å². The molecule has 0 bridgehead atoms. The summed E-state index contributed by atoms with van der Waals surface area (Å²) in [6, 6.07) is 4.38. The zero-order valence-corrected chi connectivity index (χ0v) is 10.1. The zero-order valence-electron chi connectivity index (χ0n) is 10.1. The molecule has 0 fully saturated rings. The predicted octanol–water partition coefficient (Wildman–Crippen LogP) is 1.80. The second-order valence-corrected chi connectivity index (χ2v) is 4.70. The van der Waals surface area contributed by atoms with Crippen LogP contribution >= 0.6 is 0 Å². The maximum absolute atomic E-state index is 5.31. The molecule has 1 unspecified atom stereocenters. The summed E-state index contributed by atoms with van der Waals surface area (Å²) in [5, 5.41) is 6.76. The Kier molecular flexibility index (Phi) is 4.36. The van der Waals surface area contributed by atoms with Crippen LogP contribution in [0.25, 0.3) is 0 Å². The minimum absolute atomic E-state index is 0.136. The molecule has 2 N–H and O–H groups in total. The predicted molar refractivity (Wildman–Crippen MR) is 63.0 cm³/mol. The number of hydrogen-bond acceptors (Lipinski definition) is 3. The van der Waals surface area contributed by atoms with Gasteiger partial charge in [0.2, 0.25) is 0 Å². The van der Waals surface area contributed by atoms with E-state index in [1.165, 1.54) is 0 Å². The second kappa shape index (κ2) is 5.33. The molecule has 0 saturated carbocycles. The van der Waals surface area contributed by atoms with E-state index in [4.69, 9.17) is 4.42 Å². The lowest BCUT2D eigenvalue weighted by molar-refractivity contribution is 0.362. The summed E-state index contributed by atoms with van der Waals surface area (Å²) >= 11 is 0. The highest BCUT2D eigenvalue weighted by atomic mass is 16.3. The Morgan fingerprint density at radius 2 is 2.20 bits per heavy atom. The summed E-state index contributed by atoms with van der Waals surface area (Å²) in [5.74, 6) is 1.04. The van der Waals surface area contributed by atoms with E-state index < -0.39 is 0 Å². The first-order valence-electron chi connectivity index (χ1n) is 5.48. The molecule has 1 atom stereocenters. The normalized spacial score (nSPS) is 14.1. The Morgan fingerprint density at radius 1 is 1.47 bits per heavy atom. The Hall–Kier alpha value is -0.800. The van der Waals surface area contributed by atoms with Crippen molar-refractivity contribution >= 4 is 0 Å². The van der Waals surface area contributed by atoms with Gasteiger partial charge in [-0.3, -0.25) is 0 Å². The zero-order chi connectivity index (χ0) is 11.3. The van der Waals surface area contributed by atoms with E-state index in [1.54, 1.807) is 6.26 Å². The van der Waals surface area contributed by atoms with Crippen LogP contribution in [-0.4, -0.2) is 25.2 Å². The van der Waals surface area contributed by atoms with Crippen LogP contribution in [0.4, 0.5) is 0 Å². The van der Waals surface area contributed by atoms with Gasteiger partial charge in [0, 0.05) is 24.5 Å². The van der Waals surface area contributed by atoms with Gasteiger partial charge in [-0.05, 0) is 40.0 Å². The van der Waals surface area contributed by atoms with Crippen molar-refractivity contribution < 1.29 is 4.42 Å². The summed E-state index contributed by atoms with van der Waals surface area (Å²) in [6.07, 6.45) is 2.66. The molecule has 3 nitrogen and oxygen atoms in total. The third kappa shape index (κ3) is 4.49. The fourth-order valence-corrected chi connectivity index (χ4v) is 1.32. The summed E-state index contributed by atoms with van der Waals surface area (Å²) in [4.78, 5) is 0. The highest BCUT2D eigenvalue weighted by molar-refractivity contribution is 5.00. The van der Waals surface area contributed by atoms with Gasteiger partial charge >= 0.3 is 0 Å². The molecule has 86 valence electrons. The fourth-order valence-electron chi connectivity index (χ4n) is 1.32. The average molecular weight is 210 g/mol. The monoisotopic (exact) mass is 210 g/mol. The van der Waals surface area contributed by atoms with Crippen LogP contribution in [0.3, 0.4) is 0 Å². The molecule has 0 aliphatic carbocycles. The number of nitrogens with one attached hydrogen (secondary N) is 2. The van der Waals surface area contributed by atoms with Crippen molar-refractivity contribution in [3.63, 3.8) is 0 Å². The van der Waals surface area contributed by atoms with Gasteiger partial charge in [-0.2, -0.15) is 0 Å². The van der Waals surface area contributed by atoms with Crippen LogP contribution in [0, 0.1) is 0 Å². The summed E-state index contributed by atoms with van der Waals surface area (Å²) in [7, 11) is 1.98. The van der Waals surface area contributed by atoms with Gasteiger partial charge in [0.25, 0.3) is 0 Å². The number of furan rings is 1. The van der Waals surface area contributed by atoms with E-state index >= 15 is 0 Å². The Bertz CT molecular complexity index is 267. The second-order valence-electron chi connectivity index (χ2n) is 4.70. The fraction of sp³-hybridized carbons (Fsp3) is 0.667. The van der Waals surface area contributed by atoms with E-state index in [0.717, 1.165) is 18.7 Å². The summed E-state index contributed by atoms with van der Waals surface area (Å²) in [6.45, 7) is 7.48. The molecule has 0 saturated heterocycles. The Balaban J connectivity index is 2.28. The lowest BCUT2D eigenvalue weighted by Gasteiger charge is -2.26. The maximum Gasteiger partial charge on any atom is 0.105 e. The first kappa shape index (κ1) is 12.3. The van der Waals surface area contributed by atoms with Gasteiger partial charge in [0.1, 0.15) is 5.76 Å². The molecule has 0 aliphatic rings. The average Bonchev–Trinajstić information content (AvgIpc) is 2.68. The van der Waals surface area contributed by atoms with Gasteiger partial charge in [-0.1, -0.05) is 0 Å². The minimum Gasteiger partial charge on any atom is -0.469 e. The molecule has 0 aromatic carbocycles. The Morgan fingerprint density at radius 3 is 2.73 bits per heavy atom. The van der Waals surface area contributed by atoms with Gasteiger partial charge in [0.05, 0.1) is 6.26 Å². The molecule has 3 heteroatoms. The molecule has 1 heterocycles. The standard InChI is InChI=1S/C12H22N2O/c1-10(8-11-6-5-7-15-11)14-9-12(2,3)13-4/h5-7,10,13-14H,8-9H2,1-4H3. The van der Waals surface area contributed by atoms with Crippen molar-refractivity contribution in [2.75, 3.05) is 13.6 Å². The van der Waals surface area contributed by atoms with E-state index in [-0.39, 0.29) is 5.54 Å². The van der Waals surface area contributed by atoms with E-state index in [9.17, 15) is 0 Å². The SMILES string of the molecule is CNC(C)(C)CNC(C)Cc1ccco1. The van der Waals surface area contributed by atoms with E-state index in [1.807, 2.05) is 19.2 Å². The van der Waals surface area contributed by atoms with Crippen molar-refractivity contribution in [1.29, 1.82) is 0 Å². The van der Waals surface area contributed by atoms with Crippen molar-refractivity contribution in [2.45, 2.75) is 38.8 Å². The van der Waals surface area contributed by atoms with Gasteiger partial charge in [-0.15, -0.1) is 0 Å². The smallest absolute Gasteiger partial charge is 0.105 e. The van der Waals surface area contributed by atoms with E-state index in [0.29, 0.717) is 6.04 Å². The molecule has 0 aliphatic heterocycles. The van der Waals surface area contributed by atoms with Crippen molar-refractivity contribution in [2.24, 2.45) is 0 Å². The van der Waals surface area contributed by atoms with Crippen LogP contribution in [-0.2, 0) is 6.42 Å². The van der Waals surface area contributed by atoms with E-state index in [2.05, 4.69) is 31.4 Å². The lowest BCUT2D eigenvalue weighted by atomic mass is 10.1. The number of hydrogen-bond donors (Lipinski definition) is 2. The number of likely N-dealkylation sites (N-methyl/N-ethyl adjacent to an activating group) is 1. The highest BCUT2D eigenvalue weighted by Gasteiger charge is 2.15. The molecule has 15 heavy (non-hydrogen) atoms.